The van der Waals surface area contributed by atoms with E-state index < -0.39 is 0 Å². The first-order valence-corrected chi connectivity index (χ1v) is 7.84. The van der Waals surface area contributed by atoms with E-state index in [4.69, 9.17) is 0 Å². The number of aromatic nitrogens is 4. The first kappa shape index (κ1) is 15.2. The fraction of sp³-hybridized carbons (Fsp3) is 0.833. The van der Waals surface area contributed by atoms with Crippen molar-refractivity contribution in [2.75, 3.05) is 26.7 Å². The zero-order valence-electron chi connectivity index (χ0n) is 12.2. The molecule has 0 saturated carbocycles. The molecule has 2 heterocycles. The van der Waals surface area contributed by atoms with Crippen LogP contribution >= 0.6 is 11.8 Å². The van der Waals surface area contributed by atoms with E-state index in [0.29, 0.717) is 5.92 Å². The Morgan fingerprint density at radius 3 is 2.95 bits per heavy atom. The van der Waals surface area contributed by atoms with Gasteiger partial charge in [0.1, 0.15) is 0 Å². The van der Waals surface area contributed by atoms with Gasteiger partial charge in [-0.1, -0.05) is 25.6 Å². The number of carbonyl (C=O) groups is 1. The van der Waals surface area contributed by atoms with Gasteiger partial charge in [-0.2, -0.15) is 0 Å². The van der Waals surface area contributed by atoms with E-state index in [9.17, 15) is 4.79 Å². The first-order valence-electron chi connectivity index (χ1n) is 6.96. The Kier molecular flexibility index (Phi) is 5.36. The van der Waals surface area contributed by atoms with Crippen LogP contribution in [0, 0.1) is 5.92 Å². The summed E-state index contributed by atoms with van der Waals surface area (Å²) in [4.78, 5) is 13.7. The summed E-state index contributed by atoms with van der Waals surface area (Å²) in [5.41, 5.74) is 0. The maximum Gasteiger partial charge on any atom is 0.235 e. The van der Waals surface area contributed by atoms with Crippen molar-refractivity contribution in [2.24, 2.45) is 5.92 Å². The van der Waals surface area contributed by atoms with Crippen molar-refractivity contribution in [3.63, 3.8) is 0 Å². The van der Waals surface area contributed by atoms with Crippen LogP contribution in [0.4, 0.5) is 0 Å². The molecule has 8 heteroatoms. The average Bonchev–Trinajstić information content (AvgIpc) is 2.97. The van der Waals surface area contributed by atoms with E-state index in [2.05, 4.69) is 34.7 Å². The molecule has 1 aromatic heterocycles. The molecular weight excluding hydrogens is 276 g/mol. The predicted molar refractivity (Wildman–Crippen MR) is 77.4 cm³/mol. The molecule has 1 aromatic rings. The minimum Gasteiger partial charge on any atom is -0.345 e. The summed E-state index contributed by atoms with van der Waals surface area (Å²) in [6, 6.07) is 0. The Morgan fingerprint density at radius 2 is 2.30 bits per heavy atom. The molecule has 2 rings (SSSR count). The van der Waals surface area contributed by atoms with Gasteiger partial charge in [0.15, 0.2) is 0 Å². The predicted octanol–water partition coefficient (Wildman–Crippen LogP) is 0.242. The van der Waals surface area contributed by atoms with Crippen LogP contribution in [0.25, 0.3) is 0 Å². The van der Waals surface area contributed by atoms with Gasteiger partial charge in [-0.15, -0.1) is 5.10 Å². The van der Waals surface area contributed by atoms with Gasteiger partial charge in [-0.25, -0.2) is 4.68 Å². The van der Waals surface area contributed by atoms with Crippen molar-refractivity contribution in [1.29, 1.82) is 0 Å². The first-order chi connectivity index (χ1) is 9.58. The molecule has 0 radical (unpaired) electrons. The molecule has 0 spiro atoms. The maximum atomic E-state index is 11.9. The third-order valence-corrected chi connectivity index (χ3v) is 4.40. The van der Waals surface area contributed by atoms with E-state index in [1.165, 1.54) is 11.8 Å². The molecular formula is C12H22N6OS. The van der Waals surface area contributed by atoms with Crippen LogP contribution in [0.5, 0.6) is 0 Å². The molecule has 112 valence electrons. The number of tetrazole rings is 1. The van der Waals surface area contributed by atoms with Gasteiger partial charge in [0, 0.05) is 20.1 Å². The number of thioether (sulfide) groups is 1. The molecule has 0 aliphatic carbocycles. The van der Waals surface area contributed by atoms with Crippen molar-refractivity contribution in [1.82, 2.24) is 30.4 Å². The number of carbonyl (C=O) groups excluding carboxylic acids is 1. The third kappa shape index (κ3) is 3.92. The molecule has 1 atom stereocenters. The van der Waals surface area contributed by atoms with E-state index >= 15 is 0 Å². The fourth-order valence-electron chi connectivity index (χ4n) is 2.02. The van der Waals surface area contributed by atoms with Crippen LogP contribution in [-0.2, 0) is 11.3 Å². The second-order valence-electron chi connectivity index (χ2n) is 5.44. The second-order valence-corrected chi connectivity index (χ2v) is 6.61. The minimum absolute atomic E-state index is 0.0478. The maximum absolute atomic E-state index is 11.9. The van der Waals surface area contributed by atoms with Crippen molar-refractivity contribution in [3.05, 3.63) is 0 Å². The largest absolute Gasteiger partial charge is 0.345 e. The normalized spacial score (nSPS) is 19.3. The topological polar surface area (TPSA) is 75.9 Å². The van der Waals surface area contributed by atoms with Gasteiger partial charge in [0.25, 0.3) is 0 Å². The smallest absolute Gasteiger partial charge is 0.235 e. The number of hydrogen-bond acceptors (Lipinski definition) is 6. The molecule has 0 aromatic carbocycles. The molecule has 7 nitrogen and oxygen atoms in total. The zero-order chi connectivity index (χ0) is 14.5. The van der Waals surface area contributed by atoms with Crippen LogP contribution in [0.15, 0.2) is 5.16 Å². The van der Waals surface area contributed by atoms with E-state index in [1.807, 2.05) is 7.05 Å². The van der Waals surface area contributed by atoms with Gasteiger partial charge in [0.05, 0.1) is 11.8 Å². The summed E-state index contributed by atoms with van der Waals surface area (Å²) in [6.07, 6.45) is 0.860. The fourth-order valence-corrected chi connectivity index (χ4v) is 3.12. The third-order valence-electron chi connectivity index (χ3n) is 3.18. The molecule has 20 heavy (non-hydrogen) atoms. The highest BCUT2D eigenvalue weighted by atomic mass is 32.2. The van der Waals surface area contributed by atoms with Gasteiger partial charge >= 0.3 is 0 Å². The highest BCUT2D eigenvalue weighted by Gasteiger charge is 2.31. The van der Waals surface area contributed by atoms with Crippen molar-refractivity contribution in [3.8, 4) is 0 Å². The molecule has 0 bridgehead atoms. The molecule has 1 saturated heterocycles. The highest BCUT2D eigenvalue weighted by molar-refractivity contribution is 8.00. The molecule has 1 aliphatic rings. The molecule has 1 amide bonds. The number of nitrogens with one attached hydrogen (secondary N) is 1. The van der Waals surface area contributed by atoms with Crippen molar-refractivity contribution >= 4 is 17.7 Å². The summed E-state index contributed by atoms with van der Waals surface area (Å²) >= 11 is 1.47. The number of rotatable bonds is 7. The van der Waals surface area contributed by atoms with E-state index in [1.54, 1.807) is 9.58 Å². The lowest BCUT2D eigenvalue weighted by atomic mass is 10.2. The summed E-state index contributed by atoms with van der Waals surface area (Å²) < 4.78 is 1.77. The van der Waals surface area contributed by atoms with Crippen LogP contribution in [-0.4, -0.2) is 62.9 Å². The standard InChI is InChI=1S/C12H22N6OS/c1-9(2)8-13-5-7-18-12(14-15-16-18)20-10-4-6-17(3)11(10)19/h9-10,13H,4-8H2,1-3H3. The Labute approximate surface area is 123 Å². The van der Waals surface area contributed by atoms with E-state index in [0.717, 1.165) is 37.8 Å². The Morgan fingerprint density at radius 1 is 1.50 bits per heavy atom. The van der Waals surface area contributed by atoms with Gasteiger partial charge in [-0.05, 0) is 29.3 Å². The summed E-state index contributed by atoms with van der Waals surface area (Å²) in [6.45, 7) is 7.69. The lowest BCUT2D eigenvalue weighted by Crippen LogP contribution is -2.25. The lowest BCUT2D eigenvalue weighted by molar-refractivity contribution is -0.126. The van der Waals surface area contributed by atoms with E-state index in [-0.39, 0.29) is 11.2 Å². The van der Waals surface area contributed by atoms with Crippen molar-refractivity contribution in [2.45, 2.75) is 37.2 Å². The van der Waals surface area contributed by atoms with Crippen LogP contribution < -0.4 is 5.32 Å². The van der Waals surface area contributed by atoms with Crippen LogP contribution in [0.1, 0.15) is 20.3 Å². The quantitative estimate of drug-likeness (QED) is 0.727. The second kappa shape index (κ2) is 7.03. The number of hydrogen-bond donors (Lipinski definition) is 1. The molecule has 1 unspecified atom stereocenters. The average molecular weight is 298 g/mol. The summed E-state index contributed by atoms with van der Waals surface area (Å²) in [5.74, 6) is 0.798. The van der Waals surface area contributed by atoms with Gasteiger partial charge in [0.2, 0.25) is 11.1 Å². The van der Waals surface area contributed by atoms with Gasteiger partial charge < -0.3 is 10.2 Å². The lowest BCUT2D eigenvalue weighted by Gasteiger charge is -2.10. The summed E-state index contributed by atoms with van der Waals surface area (Å²) in [7, 11) is 1.84. The summed E-state index contributed by atoms with van der Waals surface area (Å²) in [5, 5.41) is 15.8. The Bertz CT molecular complexity index is 449. The number of likely N-dealkylation sites (tertiary alicyclic amines) is 1. The zero-order valence-corrected chi connectivity index (χ0v) is 13.1. The molecule has 1 fully saturated rings. The molecule has 1 N–H and O–H groups in total. The van der Waals surface area contributed by atoms with Gasteiger partial charge in [-0.3, -0.25) is 4.79 Å². The van der Waals surface area contributed by atoms with Crippen molar-refractivity contribution < 1.29 is 4.79 Å². The Balaban J connectivity index is 1.84. The SMILES string of the molecule is CC(C)CNCCn1nnnc1SC1CCN(C)C1=O. The van der Waals surface area contributed by atoms with Crippen LogP contribution in [0.2, 0.25) is 0 Å². The minimum atomic E-state index is -0.0478. The van der Waals surface area contributed by atoms with Crippen LogP contribution in [0.3, 0.4) is 0 Å². The number of nitrogens with zero attached hydrogens (tertiary/aromatic N) is 5. The number of amides is 1. The highest BCUT2D eigenvalue weighted by Crippen LogP contribution is 2.28. The monoisotopic (exact) mass is 298 g/mol. The molecule has 1 aliphatic heterocycles. The Hall–Kier alpha value is -1.15.